The second-order valence-electron chi connectivity index (χ2n) is 4.80. The summed E-state index contributed by atoms with van der Waals surface area (Å²) in [7, 11) is 0. The Hall–Kier alpha value is 0.150. The first-order chi connectivity index (χ1) is 5.54. The van der Waals surface area contributed by atoms with Crippen LogP contribution in [0.2, 0.25) is 0 Å². The normalized spacial score (nSPS) is 43.9. The number of hydrogen-bond donors (Lipinski definition) is 0. The summed E-state index contributed by atoms with van der Waals surface area (Å²) in [6.07, 6.45) is 3.19. The van der Waals surface area contributed by atoms with Crippen molar-refractivity contribution in [1.82, 2.24) is 0 Å². The summed E-state index contributed by atoms with van der Waals surface area (Å²) in [6.45, 7) is 4.52. The van der Waals surface area contributed by atoms with Gasteiger partial charge in [-0.3, -0.25) is 4.79 Å². The molecule has 0 saturated heterocycles. The Morgan fingerprint density at radius 1 is 1.58 bits per heavy atom. The standard InChI is InChI=1S/C10H15BrO/c1-9(2)7-3-4-10(9,6-11)8(12)5-7/h7H,3-6H2,1-2H3. The van der Waals surface area contributed by atoms with Crippen molar-refractivity contribution in [3.05, 3.63) is 0 Å². The molecule has 1 nitrogen and oxygen atoms in total. The van der Waals surface area contributed by atoms with E-state index in [9.17, 15) is 4.79 Å². The first kappa shape index (κ1) is 8.74. The molecule has 2 atom stereocenters. The molecule has 2 saturated carbocycles. The lowest BCUT2D eigenvalue weighted by atomic mass is 9.70. The molecule has 0 aromatic rings. The first-order valence-electron chi connectivity index (χ1n) is 4.64. The molecular weight excluding hydrogens is 216 g/mol. The fourth-order valence-corrected chi connectivity index (χ4v) is 4.40. The van der Waals surface area contributed by atoms with E-state index in [-0.39, 0.29) is 10.8 Å². The second kappa shape index (κ2) is 2.34. The van der Waals surface area contributed by atoms with Crippen molar-refractivity contribution in [3.8, 4) is 0 Å². The van der Waals surface area contributed by atoms with E-state index in [0.29, 0.717) is 11.7 Å². The number of halogens is 1. The van der Waals surface area contributed by atoms with E-state index < -0.39 is 0 Å². The Kier molecular flexibility index (Phi) is 1.70. The van der Waals surface area contributed by atoms with E-state index in [0.717, 1.165) is 18.2 Å². The molecule has 68 valence electrons. The van der Waals surface area contributed by atoms with E-state index in [1.54, 1.807) is 0 Å². The fraction of sp³-hybridized carbons (Fsp3) is 0.900. The number of fused-ring (bicyclic) bond motifs is 2. The van der Waals surface area contributed by atoms with Crippen molar-refractivity contribution in [1.29, 1.82) is 0 Å². The largest absolute Gasteiger partial charge is 0.299 e. The molecule has 2 bridgehead atoms. The maximum Gasteiger partial charge on any atom is 0.140 e. The molecule has 0 amide bonds. The van der Waals surface area contributed by atoms with Crippen molar-refractivity contribution in [3.63, 3.8) is 0 Å². The summed E-state index contributed by atoms with van der Waals surface area (Å²) in [6, 6.07) is 0. The minimum absolute atomic E-state index is 0.0162. The quantitative estimate of drug-likeness (QED) is 0.634. The fourth-order valence-electron chi connectivity index (χ4n) is 3.08. The molecule has 12 heavy (non-hydrogen) atoms. The Bertz CT molecular complexity index is 234. The first-order valence-corrected chi connectivity index (χ1v) is 5.76. The SMILES string of the molecule is CC1(C)C2CCC1(CBr)C(=O)C2. The molecule has 0 heterocycles. The number of hydrogen-bond acceptors (Lipinski definition) is 1. The van der Waals surface area contributed by atoms with Gasteiger partial charge in [-0.2, -0.15) is 0 Å². The molecule has 0 aromatic carbocycles. The van der Waals surface area contributed by atoms with Crippen LogP contribution >= 0.6 is 15.9 Å². The van der Waals surface area contributed by atoms with Crippen molar-refractivity contribution >= 4 is 21.7 Å². The maximum absolute atomic E-state index is 11.8. The predicted molar refractivity (Wildman–Crippen MR) is 52.4 cm³/mol. The Morgan fingerprint density at radius 3 is 2.50 bits per heavy atom. The van der Waals surface area contributed by atoms with Gasteiger partial charge in [0.05, 0.1) is 0 Å². The van der Waals surface area contributed by atoms with Crippen LogP contribution in [0.25, 0.3) is 0 Å². The van der Waals surface area contributed by atoms with Crippen molar-refractivity contribution in [2.45, 2.75) is 33.1 Å². The van der Waals surface area contributed by atoms with Gasteiger partial charge in [-0.15, -0.1) is 0 Å². The molecule has 0 N–H and O–H groups in total. The summed E-state index contributed by atoms with van der Waals surface area (Å²) in [5, 5.41) is 0.863. The third-order valence-electron chi connectivity index (χ3n) is 4.37. The molecule has 2 aliphatic carbocycles. The number of ketones is 1. The average molecular weight is 231 g/mol. The predicted octanol–water partition coefficient (Wildman–Crippen LogP) is 2.78. The van der Waals surface area contributed by atoms with Crippen LogP contribution in [0, 0.1) is 16.7 Å². The molecule has 2 fully saturated rings. The number of Topliss-reactive ketones (excluding diaryl/α,β-unsaturated/α-hetero) is 1. The molecule has 0 radical (unpaired) electrons. The summed E-state index contributed by atoms with van der Waals surface area (Å²) in [5.74, 6) is 1.16. The van der Waals surface area contributed by atoms with Crippen molar-refractivity contribution in [2.75, 3.05) is 5.33 Å². The van der Waals surface area contributed by atoms with Crippen LogP contribution < -0.4 is 0 Å². The smallest absolute Gasteiger partial charge is 0.140 e. The van der Waals surface area contributed by atoms with Crippen LogP contribution in [0.3, 0.4) is 0 Å². The van der Waals surface area contributed by atoms with Gasteiger partial charge in [0.15, 0.2) is 0 Å². The van der Waals surface area contributed by atoms with E-state index in [1.807, 2.05) is 0 Å². The van der Waals surface area contributed by atoms with E-state index in [2.05, 4.69) is 29.8 Å². The van der Waals surface area contributed by atoms with Gasteiger partial charge < -0.3 is 0 Å². The summed E-state index contributed by atoms with van der Waals surface area (Å²) in [5.41, 5.74) is 0.227. The average Bonchev–Trinajstić information content (AvgIpc) is 2.36. The molecule has 2 aliphatic rings. The van der Waals surface area contributed by atoms with Crippen LogP contribution in [0.4, 0.5) is 0 Å². The minimum atomic E-state index is -0.0162. The van der Waals surface area contributed by atoms with Gasteiger partial charge in [0, 0.05) is 17.2 Å². The highest BCUT2D eigenvalue weighted by Gasteiger charge is 2.63. The van der Waals surface area contributed by atoms with Crippen molar-refractivity contribution < 1.29 is 4.79 Å². The zero-order valence-electron chi connectivity index (χ0n) is 7.69. The van der Waals surface area contributed by atoms with Gasteiger partial charge in [0.2, 0.25) is 0 Å². The van der Waals surface area contributed by atoms with Crippen LogP contribution in [0.15, 0.2) is 0 Å². The van der Waals surface area contributed by atoms with Gasteiger partial charge in [-0.25, -0.2) is 0 Å². The lowest BCUT2D eigenvalue weighted by Gasteiger charge is -2.34. The summed E-state index contributed by atoms with van der Waals surface area (Å²) in [4.78, 5) is 11.8. The number of carbonyl (C=O) groups is 1. The third-order valence-corrected chi connectivity index (χ3v) is 5.32. The second-order valence-corrected chi connectivity index (χ2v) is 5.36. The topological polar surface area (TPSA) is 17.1 Å². The highest BCUT2D eigenvalue weighted by molar-refractivity contribution is 9.09. The highest BCUT2D eigenvalue weighted by atomic mass is 79.9. The summed E-state index contributed by atoms with van der Waals surface area (Å²) < 4.78 is 0. The molecule has 2 rings (SSSR count). The van der Waals surface area contributed by atoms with Gasteiger partial charge in [-0.1, -0.05) is 29.8 Å². The molecule has 0 aromatic heterocycles. The van der Waals surface area contributed by atoms with E-state index in [1.165, 1.54) is 6.42 Å². The Balaban J connectivity index is 2.46. The van der Waals surface area contributed by atoms with Gasteiger partial charge in [0.25, 0.3) is 0 Å². The number of alkyl halides is 1. The van der Waals surface area contributed by atoms with E-state index in [4.69, 9.17) is 0 Å². The van der Waals surface area contributed by atoms with Crippen LogP contribution in [-0.4, -0.2) is 11.1 Å². The Labute approximate surface area is 82.0 Å². The van der Waals surface area contributed by atoms with Crippen molar-refractivity contribution in [2.24, 2.45) is 16.7 Å². The molecule has 2 unspecified atom stereocenters. The van der Waals surface area contributed by atoms with Crippen LogP contribution in [0.5, 0.6) is 0 Å². The van der Waals surface area contributed by atoms with E-state index >= 15 is 0 Å². The lowest BCUT2D eigenvalue weighted by molar-refractivity contribution is -0.127. The lowest BCUT2D eigenvalue weighted by Crippen LogP contribution is -2.37. The zero-order chi connectivity index (χ0) is 8.98. The van der Waals surface area contributed by atoms with Crippen LogP contribution in [0.1, 0.15) is 33.1 Å². The minimum Gasteiger partial charge on any atom is -0.299 e. The maximum atomic E-state index is 11.8. The number of carbonyl (C=O) groups excluding carboxylic acids is 1. The number of rotatable bonds is 1. The zero-order valence-corrected chi connectivity index (χ0v) is 9.28. The Morgan fingerprint density at radius 2 is 2.25 bits per heavy atom. The van der Waals surface area contributed by atoms with Gasteiger partial charge in [0.1, 0.15) is 5.78 Å². The molecule has 2 heteroatoms. The molecule has 0 spiro atoms. The summed E-state index contributed by atoms with van der Waals surface area (Å²) >= 11 is 3.52. The van der Waals surface area contributed by atoms with Gasteiger partial charge in [-0.05, 0) is 24.2 Å². The van der Waals surface area contributed by atoms with Crippen LogP contribution in [-0.2, 0) is 4.79 Å². The third kappa shape index (κ3) is 0.729. The highest BCUT2D eigenvalue weighted by Crippen LogP contribution is 2.64. The monoisotopic (exact) mass is 230 g/mol. The molecule has 0 aliphatic heterocycles. The molecular formula is C10H15BrO. The van der Waals surface area contributed by atoms with Gasteiger partial charge >= 0.3 is 0 Å².